The number of nitro groups is 1. The molecule has 4 rings (SSSR count). The van der Waals surface area contributed by atoms with Crippen LogP contribution in [0, 0.1) is 10.1 Å². The lowest BCUT2D eigenvalue weighted by Crippen LogP contribution is -2.47. The summed E-state index contributed by atoms with van der Waals surface area (Å²) in [7, 11) is 1.66. The van der Waals surface area contributed by atoms with E-state index in [1.54, 1.807) is 19.2 Å². The highest BCUT2D eigenvalue weighted by Crippen LogP contribution is 2.31. The first-order valence-corrected chi connectivity index (χ1v) is 13.4. The van der Waals surface area contributed by atoms with Gasteiger partial charge < -0.3 is 25.2 Å². The third-order valence-electron chi connectivity index (χ3n) is 6.94. The van der Waals surface area contributed by atoms with Crippen LogP contribution < -0.4 is 25.2 Å². The van der Waals surface area contributed by atoms with Crippen molar-refractivity contribution in [2.45, 2.75) is 26.3 Å². The Balaban J connectivity index is 1.57. The van der Waals surface area contributed by atoms with Crippen LogP contribution in [0.25, 0.3) is 0 Å². The van der Waals surface area contributed by atoms with E-state index in [4.69, 9.17) is 16.3 Å². The van der Waals surface area contributed by atoms with Crippen LogP contribution in [0.15, 0.2) is 60.7 Å². The van der Waals surface area contributed by atoms with Crippen molar-refractivity contribution in [2.24, 2.45) is 0 Å². The molecule has 1 aliphatic rings. The van der Waals surface area contributed by atoms with Crippen LogP contribution in [0.1, 0.15) is 41.0 Å². The van der Waals surface area contributed by atoms with Crippen molar-refractivity contribution < 1.29 is 19.2 Å². The van der Waals surface area contributed by atoms with Gasteiger partial charge in [-0.1, -0.05) is 30.7 Å². The van der Waals surface area contributed by atoms with E-state index in [1.165, 1.54) is 12.1 Å². The highest BCUT2D eigenvalue weighted by Gasteiger charge is 2.25. The fourth-order valence-electron chi connectivity index (χ4n) is 4.55. The average Bonchev–Trinajstić information content (AvgIpc) is 2.97. The summed E-state index contributed by atoms with van der Waals surface area (Å²) in [5, 5.41) is 17.0. The smallest absolute Gasteiger partial charge is 0.288 e. The van der Waals surface area contributed by atoms with Crippen LogP contribution in [-0.2, 0) is 0 Å². The Labute approximate surface area is 238 Å². The molecule has 0 spiro atoms. The number of nitro benzene ring substituents is 1. The van der Waals surface area contributed by atoms with Crippen molar-refractivity contribution in [3.8, 4) is 5.75 Å². The Morgan fingerprint density at radius 1 is 1.00 bits per heavy atom. The lowest BCUT2D eigenvalue weighted by atomic mass is 10.1. The molecule has 1 atom stereocenters. The van der Waals surface area contributed by atoms with Gasteiger partial charge in [0.15, 0.2) is 0 Å². The van der Waals surface area contributed by atoms with E-state index >= 15 is 0 Å². The van der Waals surface area contributed by atoms with Gasteiger partial charge in [0.05, 0.1) is 23.3 Å². The van der Waals surface area contributed by atoms with E-state index in [-0.39, 0.29) is 28.2 Å². The molecule has 0 bridgehead atoms. The number of nitrogens with zero attached hydrogens (tertiary/aromatic N) is 3. The molecular weight excluding hydrogens is 534 g/mol. The number of methoxy groups -OCH3 is 1. The molecule has 0 radical (unpaired) electrons. The van der Waals surface area contributed by atoms with Crippen LogP contribution in [0.3, 0.4) is 0 Å². The molecule has 2 amide bonds. The molecule has 2 N–H and O–H groups in total. The highest BCUT2D eigenvalue weighted by atomic mass is 35.5. The number of ether oxygens (including phenoxy) is 1. The number of carbonyl (C=O) groups excluding carboxylic acids is 2. The molecule has 0 aliphatic carbocycles. The van der Waals surface area contributed by atoms with Crippen molar-refractivity contribution in [1.29, 1.82) is 0 Å². The fraction of sp³-hybridized carbons (Fsp3) is 0.310. The molecule has 1 fully saturated rings. The quantitative estimate of drug-likeness (QED) is 0.265. The van der Waals surface area contributed by atoms with Crippen molar-refractivity contribution in [3.05, 3.63) is 86.9 Å². The minimum Gasteiger partial charge on any atom is -0.495 e. The van der Waals surface area contributed by atoms with Crippen LogP contribution in [-0.4, -0.2) is 56.1 Å². The van der Waals surface area contributed by atoms with E-state index < -0.39 is 10.8 Å². The molecule has 3 aromatic rings. The molecule has 40 heavy (non-hydrogen) atoms. The molecule has 0 saturated carbocycles. The molecule has 1 heterocycles. The maximum absolute atomic E-state index is 13.3. The summed E-state index contributed by atoms with van der Waals surface area (Å²) in [6.45, 7) is 6.76. The maximum atomic E-state index is 13.3. The summed E-state index contributed by atoms with van der Waals surface area (Å²) in [6.07, 6.45) is 0.768. The summed E-state index contributed by atoms with van der Waals surface area (Å²) in [6, 6.07) is 16.9. The number of rotatable bonds is 9. The topological polar surface area (TPSA) is 117 Å². The molecule has 11 heteroatoms. The van der Waals surface area contributed by atoms with Crippen molar-refractivity contribution in [1.82, 2.24) is 5.32 Å². The number of piperazine rings is 1. The van der Waals surface area contributed by atoms with Crippen LogP contribution >= 0.6 is 11.6 Å². The van der Waals surface area contributed by atoms with Gasteiger partial charge in [-0.25, -0.2) is 0 Å². The predicted octanol–water partition coefficient (Wildman–Crippen LogP) is 5.36. The number of hydrogen-bond donors (Lipinski definition) is 2. The number of anilines is 3. The van der Waals surface area contributed by atoms with Gasteiger partial charge in [-0.2, -0.15) is 0 Å². The lowest BCUT2D eigenvalue weighted by molar-refractivity contribution is -0.384. The summed E-state index contributed by atoms with van der Waals surface area (Å²) in [4.78, 5) is 41.3. The number of amides is 2. The first kappa shape index (κ1) is 28.7. The first-order chi connectivity index (χ1) is 19.2. The zero-order valence-electron chi connectivity index (χ0n) is 22.6. The van der Waals surface area contributed by atoms with E-state index in [2.05, 4.69) is 20.4 Å². The number of halogens is 1. The number of benzene rings is 3. The Kier molecular flexibility index (Phi) is 9.11. The molecular formula is C29H32ClN5O5. The zero-order valence-corrected chi connectivity index (χ0v) is 23.4. The van der Waals surface area contributed by atoms with Crippen molar-refractivity contribution >= 4 is 46.2 Å². The SMILES string of the molecule is CCC(C)NC(=O)c1cc(NC(=O)c2ccc(Cl)c([N+](=O)[O-])c2)ccc1N1CCN(c2ccccc2OC)CC1. The monoisotopic (exact) mass is 565 g/mol. The Morgan fingerprint density at radius 3 is 2.33 bits per heavy atom. The average molecular weight is 566 g/mol. The summed E-state index contributed by atoms with van der Waals surface area (Å²) in [5.41, 5.74) is 2.35. The number of carbonyl (C=O) groups is 2. The van der Waals surface area contributed by atoms with Crippen molar-refractivity contribution in [3.63, 3.8) is 0 Å². The third kappa shape index (κ3) is 6.45. The molecule has 210 valence electrons. The molecule has 0 aromatic heterocycles. The number of hydrogen-bond acceptors (Lipinski definition) is 7. The second kappa shape index (κ2) is 12.7. The van der Waals surface area contributed by atoms with Gasteiger partial charge in [0.2, 0.25) is 0 Å². The summed E-state index contributed by atoms with van der Waals surface area (Å²) in [5.74, 6) is 0.0247. The zero-order chi connectivity index (χ0) is 28.8. The van der Waals surface area contributed by atoms with Crippen LogP contribution in [0.5, 0.6) is 5.75 Å². The molecule has 1 aliphatic heterocycles. The second-order valence-electron chi connectivity index (χ2n) is 9.54. The minimum absolute atomic E-state index is 0.0318. The minimum atomic E-state index is -0.640. The van der Waals surface area contributed by atoms with E-state index in [0.717, 1.165) is 42.7 Å². The Bertz CT molecular complexity index is 1410. The van der Waals surface area contributed by atoms with Gasteiger partial charge in [-0.05, 0) is 55.8 Å². The standard InChI is InChI=1S/C29H32ClN5O5/c1-4-19(2)31-29(37)22-18-21(32-28(36)20-9-11-23(30)26(17-20)35(38)39)10-12-24(22)33-13-15-34(16-14-33)25-7-5-6-8-27(25)40-3/h5-12,17-19H,4,13-16H2,1-3H3,(H,31,37)(H,32,36). The van der Waals surface area contributed by atoms with Gasteiger partial charge in [-0.15, -0.1) is 0 Å². The van der Waals surface area contributed by atoms with Gasteiger partial charge in [0, 0.05) is 55.2 Å². The Morgan fingerprint density at radius 2 is 1.68 bits per heavy atom. The third-order valence-corrected chi connectivity index (χ3v) is 7.26. The summed E-state index contributed by atoms with van der Waals surface area (Å²) < 4.78 is 5.53. The largest absolute Gasteiger partial charge is 0.495 e. The molecule has 3 aromatic carbocycles. The van der Waals surface area contributed by atoms with Crippen LogP contribution in [0.4, 0.5) is 22.7 Å². The van der Waals surface area contributed by atoms with E-state index in [0.29, 0.717) is 24.3 Å². The molecule has 1 unspecified atom stereocenters. The Hall–Kier alpha value is -4.31. The predicted molar refractivity (Wildman–Crippen MR) is 157 cm³/mol. The maximum Gasteiger partial charge on any atom is 0.288 e. The first-order valence-electron chi connectivity index (χ1n) is 13.0. The normalized spacial score (nSPS) is 13.9. The highest BCUT2D eigenvalue weighted by molar-refractivity contribution is 6.32. The molecule has 10 nitrogen and oxygen atoms in total. The van der Waals surface area contributed by atoms with Crippen molar-refractivity contribution in [2.75, 3.05) is 48.4 Å². The number of nitrogens with one attached hydrogen (secondary N) is 2. The van der Waals surface area contributed by atoms with Gasteiger partial charge in [-0.3, -0.25) is 19.7 Å². The van der Waals surface area contributed by atoms with Gasteiger partial charge in [0.25, 0.3) is 17.5 Å². The van der Waals surface area contributed by atoms with Gasteiger partial charge in [0.1, 0.15) is 10.8 Å². The fourth-order valence-corrected chi connectivity index (χ4v) is 4.74. The summed E-state index contributed by atoms with van der Waals surface area (Å²) >= 11 is 5.88. The second-order valence-corrected chi connectivity index (χ2v) is 9.95. The number of para-hydroxylation sites is 2. The van der Waals surface area contributed by atoms with E-state index in [1.807, 2.05) is 44.2 Å². The van der Waals surface area contributed by atoms with E-state index in [9.17, 15) is 19.7 Å². The molecule has 1 saturated heterocycles. The van der Waals surface area contributed by atoms with Crippen LogP contribution in [0.2, 0.25) is 5.02 Å². The lowest BCUT2D eigenvalue weighted by Gasteiger charge is -2.38. The van der Waals surface area contributed by atoms with Gasteiger partial charge >= 0.3 is 0 Å².